The van der Waals surface area contributed by atoms with Gasteiger partial charge in [0.1, 0.15) is 0 Å². The zero-order chi connectivity index (χ0) is 16.1. The van der Waals surface area contributed by atoms with Crippen molar-refractivity contribution in [1.82, 2.24) is 0 Å². The number of hydrogen-bond donors (Lipinski definition) is 1. The van der Waals surface area contributed by atoms with Gasteiger partial charge in [-0.2, -0.15) is 0 Å². The SMILES string of the molecule is Cc1cc(Br)ccc1NC(=O)COC(=O)c1cccc(Cl)c1. The zero-order valence-electron chi connectivity index (χ0n) is 11.7. The molecule has 22 heavy (non-hydrogen) atoms. The Bertz CT molecular complexity index is 718. The number of rotatable bonds is 4. The average molecular weight is 383 g/mol. The maximum absolute atomic E-state index is 11.8. The van der Waals surface area contributed by atoms with Gasteiger partial charge in [0.15, 0.2) is 6.61 Å². The van der Waals surface area contributed by atoms with Crippen LogP contribution in [0, 0.1) is 6.92 Å². The van der Waals surface area contributed by atoms with Crippen molar-refractivity contribution in [2.24, 2.45) is 0 Å². The molecule has 114 valence electrons. The number of amides is 1. The van der Waals surface area contributed by atoms with E-state index in [2.05, 4.69) is 21.2 Å². The molecular formula is C16H13BrClNO3. The topological polar surface area (TPSA) is 55.4 Å². The molecule has 0 saturated heterocycles. The molecule has 0 saturated carbocycles. The first-order chi connectivity index (χ1) is 10.5. The van der Waals surface area contributed by atoms with Crippen LogP contribution in [0.1, 0.15) is 15.9 Å². The van der Waals surface area contributed by atoms with Crippen molar-refractivity contribution in [1.29, 1.82) is 0 Å². The molecule has 1 N–H and O–H groups in total. The van der Waals surface area contributed by atoms with Gasteiger partial charge in [-0.3, -0.25) is 4.79 Å². The molecule has 0 fully saturated rings. The number of esters is 1. The molecule has 2 rings (SSSR count). The van der Waals surface area contributed by atoms with E-state index in [1.54, 1.807) is 24.3 Å². The maximum atomic E-state index is 11.8. The van der Waals surface area contributed by atoms with Crippen LogP contribution in [-0.2, 0) is 9.53 Å². The lowest BCUT2D eigenvalue weighted by Crippen LogP contribution is -2.21. The van der Waals surface area contributed by atoms with Crippen LogP contribution in [0.25, 0.3) is 0 Å². The molecular weight excluding hydrogens is 370 g/mol. The summed E-state index contributed by atoms with van der Waals surface area (Å²) in [6, 6.07) is 11.8. The van der Waals surface area contributed by atoms with Gasteiger partial charge in [0.25, 0.3) is 5.91 Å². The van der Waals surface area contributed by atoms with Gasteiger partial charge in [0.2, 0.25) is 0 Å². The minimum atomic E-state index is -0.592. The third-order valence-electron chi connectivity index (χ3n) is 2.86. The van der Waals surface area contributed by atoms with Crippen molar-refractivity contribution in [2.45, 2.75) is 6.92 Å². The van der Waals surface area contributed by atoms with Crippen LogP contribution < -0.4 is 5.32 Å². The normalized spacial score (nSPS) is 10.1. The second-order valence-electron chi connectivity index (χ2n) is 4.59. The Balaban J connectivity index is 1.91. The number of benzene rings is 2. The molecule has 2 aromatic carbocycles. The average Bonchev–Trinajstić information content (AvgIpc) is 2.47. The molecule has 0 aromatic heterocycles. The summed E-state index contributed by atoms with van der Waals surface area (Å²) in [5.41, 5.74) is 1.89. The fourth-order valence-corrected chi connectivity index (χ4v) is 2.45. The van der Waals surface area contributed by atoms with Gasteiger partial charge >= 0.3 is 5.97 Å². The van der Waals surface area contributed by atoms with Crippen LogP contribution in [0.5, 0.6) is 0 Å². The van der Waals surface area contributed by atoms with Gasteiger partial charge in [-0.1, -0.05) is 33.6 Å². The molecule has 2 aromatic rings. The van der Waals surface area contributed by atoms with Gasteiger partial charge in [-0.15, -0.1) is 0 Å². The van der Waals surface area contributed by atoms with Crippen LogP contribution in [0.4, 0.5) is 5.69 Å². The van der Waals surface area contributed by atoms with Gasteiger partial charge in [-0.25, -0.2) is 4.79 Å². The molecule has 0 radical (unpaired) electrons. The molecule has 0 unspecified atom stereocenters. The Morgan fingerprint density at radius 1 is 1.23 bits per heavy atom. The Labute approximate surface area is 141 Å². The van der Waals surface area contributed by atoms with Gasteiger partial charge in [0, 0.05) is 15.2 Å². The van der Waals surface area contributed by atoms with Crippen LogP contribution in [0.3, 0.4) is 0 Å². The summed E-state index contributed by atoms with van der Waals surface area (Å²) < 4.78 is 5.89. The summed E-state index contributed by atoms with van der Waals surface area (Å²) in [6.07, 6.45) is 0. The fraction of sp³-hybridized carbons (Fsp3) is 0.125. The molecule has 6 heteroatoms. The lowest BCUT2D eigenvalue weighted by molar-refractivity contribution is -0.119. The molecule has 0 bridgehead atoms. The van der Waals surface area contributed by atoms with E-state index in [1.807, 2.05) is 19.1 Å². The Kier molecular flexibility index (Phi) is 5.57. The van der Waals surface area contributed by atoms with E-state index in [0.717, 1.165) is 10.0 Å². The van der Waals surface area contributed by atoms with E-state index in [0.29, 0.717) is 16.3 Å². The predicted octanol–water partition coefficient (Wildman–Crippen LogP) is 4.21. The number of hydrogen-bond acceptors (Lipinski definition) is 3. The fourth-order valence-electron chi connectivity index (χ4n) is 1.78. The first-order valence-electron chi connectivity index (χ1n) is 6.44. The largest absolute Gasteiger partial charge is 0.452 e. The van der Waals surface area contributed by atoms with Crippen LogP contribution in [-0.4, -0.2) is 18.5 Å². The van der Waals surface area contributed by atoms with Crippen molar-refractivity contribution >= 4 is 45.1 Å². The lowest BCUT2D eigenvalue weighted by atomic mass is 10.2. The van der Waals surface area contributed by atoms with E-state index >= 15 is 0 Å². The highest BCUT2D eigenvalue weighted by Gasteiger charge is 2.11. The van der Waals surface area contributed by atoms with Crippen LogP contribution in [0.15, 0.2) is 46.9 Å². The maximum Gasteiger partial charge on any atom is 0.338 e. The molecule has 0 atom stereocenters. The first kappa shape index (κ1) is 16.5. The highest BCUT2D eigenvalue weighted by molar-refractivity contribution is 9.10. The minimum Gasteiger partial charge on any atom is -0.452 e. The smallest absolute Gasteiger partial charge is 0.338 e. The predicted molar refractivity (Wildman–Crippen MR) is 89.2 cm³/mol. The number of ether oxygens (including phenoxy) is 1. The Morgan fingerprint density at radius 3 is 2.68 bits per heavy atom. The van der Waals surface area contributed by atoms with Crippen LogP contribution >= 0.6 is 27.5 Å². The quantitative estimate of drug-likeness (QED) is 0.806. The molecule has 4 nitrogen and oxygen atoms in total. The summed E-state index contributed by atoms with van der Waals surface area (Å²) >= 11 is 9.15. The van der Waals surface area contributed by atoms with E-state index in [4.69, 9.17) is 16.3 Å². The summed E-state index contributed by atoms with van der Waals surface area (Å²) in [6.45, 7) is 1.51. The van der Waals surface area contributed by atoms with Crippen molar-refractivity contribution in [3.8, 4) is 0 Å². The van der Waals surface area contributed by atoms with E-state index in [1.165, 1.54) is 6.07 Å². The van der Waals surface area contributed by atoms with E-state index in [9.17, 15) is 9.59 Å². The Hall–Kier alpha value is -1.85. The van der Waals surface area contributed by atoms with Gasteiger partial charge in [0.05, 0.1) is 5.56 Å². The number of halogens is 2. The monoisotopic (exact) mass is 381 g/mol. The lowest BCUT2D eigenvalue weighted by Gasteiger charge is -2.09. The first-order valence-corrected chi connectivity index (χ1v) is 7.61. The third kappa shape index (κ3) is 4.58. The number of aryl methyl sites for hydroxylation is 1. The number of carbonyl (C=O) groups excluding carboxylic acids is 2. The van der Waals surface area contributed by atoms with Crippen molar-refractivity contribution < 1.29 is 14.3 Å². The standard InChI is InChI=1S/C16H13BrClNO3/c1-10-7-12(17)5-6-14(10)19-15(20)9-22-16(21)11-3-2-4-13(18)8-11/h2-8H,9H2,1H3,(H,19,20). The molecule has 0 aliphatic carbocycles. The van der Waals surface area contributed by atoms with Crippen LogP contribution in [0.2, 0.25) is 5.02 Å². The highest BCUT2D eigenvalue weighted by Crippen LogP contribution is 2.20. The second kappa shape index (κ2) is 7.42. The van der Waals surface area contributed by atoms with Gasteiger partial charge in [-0.05, 0) is 48.9 Å². The third-order valence-corrected chi connectivity index (χ3v) is 3.59. The Morgan fingerprint density at radius 2 is 2.00 bits per heavy atom. The molecule has 0 aliphatic rings. The summed E-state index contributed by atoms with van der Waals surface area (Å²) in [5.74, 6) is -0.994. The minimum absolute atomic E-state index is 0.306. The molecule has 0 spiro atoms. The molecule has 0 aliphatic heterocycles. The van der Waals surface area contributed by atoms with Crippen molar-refractivity contribution in [3.63, 3.8) is 0 Å². The zero-order valence-corrected chi connectivity index (χ0v) is 14.1. The van der Waals surface area contributed by atoms with Crippen molar-refractivity contribution in [2.75, 3.05) is 11.9 Å². The van der Waals surface area contributed by atoms with E-state index < -0.39 is 11.9 Å². The molecule has 1 amide bonds. The van der Waals surface area contributed by atoms with E-state index in [-0.39, 0.29) is 6.61 Å². The van der Waals surface area contributed by atoms with Crippen molar-refractivity contribution in [3.05, 3.63) is 63.1 Å². The summed E-state index contributed by atoms with van der Waals surface area (Å²) in [7, 11) is 0. The number of nitrogens with one attached hydrogen (secondary N) is 1. The summed E-state index contributed by atoms with van der Waals surface area (Å²) in [4.78, 5) is 23.6. The molecule has 0 heterocycles. The van der Waals surface area contributed by atoms with Gasteiger partial charge < -0.3 is 10.1 Å². The number of anilines is 1. The number of carbonyl (C=O) groups is 2. The summed E-state index contributed by atoms with van der Waals surface area (Å²) in [5, 5.41) is 3.13. The second-order valence-corrected chi connectivity index (χ2v) is 5.95. The highest BCUT2D eigenvalue weighted by atomic mass is 79.9.